The van der Waals surface area contributed by atoms with Gasteiger partial charge in [-0.05, 0) is 12.8 Å². The van der Waals surface area contributed by atoms with Gasteiger partial charge in [-0.25, -0.2) is 0 Å². The zero-order chi connectivity index (χ0) is 16.8. The molecular weight excluding hydrogens is 418 g/mol. The van der Waals surface area contributed by atoms with Crippen molar-refractivity contribution in [2.24, 2.45) is 5.41 Å². The van der Waals surface area contributed by atoms with Gasteiger partial charge in [0, 0.05) is 5.41 Å². The van der Waals surface area contributed by atoms with E-state index in [1.165, 1.54) is 38.5 Å². The first-order valence-electron chi connectivity index (χ1n) is 8.94. The molecule has 0 aromatic carbocycles. The number of carboxylic acids is 2. The van der Waals surface area contributed by atoms with E-state index in [-0.39, 0.29) is 61.7 Å². The molecule has 5 heteroatoms. The summed E-state index contributed by atoms with van der Waals surface area (Å²) in [5.41, 5.74) is -1.80. The minimum Gasteiger partial charge on any atom is -0.549 e. The van der Waals surface area contributed by atoms with Gasteiger partial charge in [-0.1, -0.05) is 84.5 Å². The van der Waals surface area contributed by atoms with E-state index in [4.69, 9.17) is 0 Å². The zero-order valence-corrected chi connectivity index (χ0v) is 19.5. The predicted octanol–water partition coefficient (Wildman–Crippen LogP) is 2.20. The monoisotopic (exact) mass is 450 g/mol. The summed E-state index contributed by atoms with van der Waals surface area (Å²) >= 11 is 0. The molecule has 0 N–H and O–H groups in total. The molecule has 0 radical (unpaired) electrons. The number of rotatable bonds is 15. The summed E-state index contributed by atoms with van der Waals surface area (Å²) in [6.45, 7) is 3.98. The first-order chi connectivity index (χ1) is 10.5. The standard InChI is InChI=1S/C18H34O4.Ba/c1-3-5-6-7-8-9-10-11-12-13-15-18(14-4-2,16(19)20)17(21)22;/h3-15H2,1-2H3,(H,19,20)(H,21,22);/q;+2/p-2. The van der Waals surface area contributed by atoms with Crippen molar-refractivity contribution in [3.05, 3.63) is 0 Å². The Balaban J connectivity index is 0. The number of hydrogen-bond donors (Lipinski definition) is 0. The second-order valence-electron chi connectivity index (χ2n) is 6.34. The molecule has 0 bridgehead atoms. The molecule has 0 rings (SSSR count). The van der Waals surface area contributed by atoms with E-state index in [9.17, 15) is 19.8 Å². The third-order valence-electron chi connectivity index (χ3n) is 4.42. The summed E-state index contributed by atoms with van der Waals surface area (Å²) < 4.78 is 0. The van der Waals surface area contributed by atoms with Crippen molar-refractivity contribution in [3.8, 4) is 0 Å². The van der Waals surface area contributed by atoms with Crippen molar-refractivity contribution >= 4 is 60.8 Å². The Kier molecular flexibility index (Phi) is 17.9. The number of carbonyl (C=O) groups excluding carboxylic acids is 2. The second-order valence-corrected chi connectivity index (χ2v) is 6.34. The molecule has 0 aromatic heterocycles. The van der Waals surface area contributed by atoms with Crippen molar-refractivity contribution < 1.29 is 19.8 Å². The fourth-order valence-corrected chi connectivity index (χ4v) is 2.96. The van der Waals surface area contributed by atoms with Gasteiger partial charge in [-0.2, -0.15) is 0 Å². The number of carboxylic acid groups (broad SMARTS) is 2. The van der Waals surface area contributed by atoms with Crippen LogP contribution in [0.2, 0.25) is 0 Å². The van der Waals surface area contributed by atoms with E-state index >= 15 is 0 Å². The van der Waals surface area contributed by atoms with Gasteiger partial charge in [0.15, 0.2) is 0 Å². The third kappa shape index (κ3) is 10.9. The van der Waals surface area contributed by atoms with Gasteiger partial charge in [0.05, 0.1) is 11.9 Å². The fraction of sp³-hybridized carbons (Fsp3) is 0.889. The van der Waals surface area contributed by atoms with Crippen molar-refractivity contribution in [1.82, 2.24) is 0 Å². The number of hydrogen-bond acceptors (Lipinski definition) is 4. The van der Waals surface area contributed by atoms with E-state index < -0.39 is 17.4 Å². The van der Waals surface area contributed by atoms with Gasteiger partial charge < -0.3 is 19.8 Å². The van der Waals surface area contributed by atoms with Gasteiger partial charge in [-0.3, -0.25) is 0 Å². The maximum absolute atomic E-state index is 11.2. The summed E-state index contributed by atoms with van der Waals surface area (Å²) in [4.78, 5) is 22.4. The van der Waals surface area contributed by atoms with Crippen LogP contribution in [0.1, 0.15) is 97.3 Å². The third-order valence-corrected chi connectivity index (χ3v) is 4.42. The molecular formula is C18H32BaO4. The van der Waals surface area contributed by atoms with E-state index in [1.54, 1.807) is 6.92 Å². The number of aliphatic carboxylic acids is 2. The normalized spacial score (nSPS) is 11.0. The molecule has 0 saturated carbocycles. The molecule has 0 heterocycles. The van der Waals surface area contributed by atoms with E-state index in [2.05, 4.69) is 6.92 Å². The molecule has 4 nitrogen and oxygen atoms in total. The Labute approximate surface area is 181 Å². The van der Waals surface area contributed by atoms with Gasteiger partial charge in [0.2, 0.25) is 0 Å². The summed E-state index contributed by atoms with van der Waals surface area (Å²) in [7, 11) is 0. The van der Waals surface area contributed by atoms with Crippen molar-refractivity contribution in [2.75, 3.05) is 0 Å². The van der Waals surface area contributed by atoms with Gasteiger partial charge in [0.25, 0.3) is 0 Å². The quantitative estimate of drug-likeness (QED) is 0.218. The van der Waals surface area contributed by atoms with Gasteiger partial charge in [-0.15, -0.1) is 0 Å². The van der Waals surface area contributed by atoms with E-state index in [0.717, 1.165) is 19.3 Å². The van der Waals surface area contributed by atoms with Crippen LogP contribution in [0.15, 0.2) is 0 Å². The molecule has 0 fully saturated rings. The van der Waals surface area contributed by atoms with Crippen LogP contribution in [0.25, 0.3) is 0 Å². The average Bonchev–Trinajstić information content (AvgIpc) is 2.47. The molecule has 23 heavy (non-hydrogen) atoms. The zero-order valence-electron chi connectivity index (χ0n) is 15.0. The summed E-state index contributed by atoms with van der Waals surface area (Å²) in [6, 6.07) is 0. The fourth-order valence-electron chi connectivity index (χ4n) is 2.96. The molecule has 0 spiro atoms. The topological polar surface area (TPSA) is 80.3 Å². The Hall–Kier alpha value is 0.511. The minimum atomic E-state index is -1.80. The second kappa shape index (κ2) is 16.0. The predicted molar refractivity (Wildman–Crippen MR) is 89.6 cm³/mol. The number of carbonyl (C=O) groups is 2. The minimum absolute atomic E-state index is 0. The first-order valence-corrected chi connectivity index (χ1v) is 8.94. The van der Waals surface area contributed by atoms with E-state index in [0.29, 0.717) is 12.8 Å². The molecule has 0 atom stereocenters. The van der Waals surface area contributed by atoms with Crippen LogP contribution in [0, 0.1) is 5.41 Å². The van der Waals surface area contributed by atoms with Crippen LogP contribution in [-0.4, -0.2) is 60.8 Å². The molecule has 0 amide bonds. The summed E-state index contributed by atoms with van der Waals surface area (Å²) in [5, 5.41) is 22.4. The maximum Gasteiger partial charge on any atom is 2.00 e. The van der Waals surface area contributed by atoms with Gasteiger partial charge >= 0.3 is 48.9 Å². The summed E-state index contributed by atoms with van der Waals surface area (Å²) in [6.07, 6.45) is 12.0. The molecule has 0 saturated heterocycles. The molecule has 0 aliphatic rings. The van der Waals surface area contributed by atoms with Crippen LogP contribution in [0.5, 0.6) is 0 Å². The average molecular weight is 450 g/mol. The SMILES string of the molecule is CCCCCCCCCCCCC(CCC)(C(=O)[O-])C(=O)[O-].[Ba+2]. The van der Waals surface area contributed by atoms with E-state index in [1.807, 2.05) is 0 Å². The number of unbranched alkanes of at least 4 members (excludes halogenated alkanes) is 9. The Bertz CT molecular complexity index is 304. The molecule has 0 unspecified atom stereocenters. The first kappa shape index (κ1) is 25.7. The van der Waals surface area contributed by atoms with Crippen molar-refractivity contribution in [1.29, 1.82) is 0 Å². The Morgan fingerprint density at radius 2 is 1.04 bits per heavy atom. The van der Waals surface area contributed by atoms with Crippen LogP contribution >= 0.6 is 0 Å². The Morgan fingerprint density at radius 3 is 1.39 bits per heavy atom. The van der Waals surface area contributed by atoms with Crippen molar-refractivity contribution in [3.63, 3.8) is 0 Å². The Morgan fingerprint density at radius 1 is 0.652 bits per heavy atom. The van der Waals surface area contributed by atoms with Crippen molar-refractivity contribution in [2.45, 2.75) is 97.3 Å². The largest absolute Gasteiger partial charge is 2.00 e. The van der Waals surface area contributed by atoms with Crippen LogP contribution < -0.4 is 10.2 Å². The van der Waals surface area contributed by atoms with Crippen LogP contribution in [-0.2, 0) is 9.59 Å². The maximum atomic E-state index is 11.2. The molecule has 0 aromatic rings. The smallest absolute Gasteiger partial charge is 0.549 e. The molecule has 130 valence electrons. The van der Waals surface area contributed by atoms with Crippen LogP contribution in [0.4, 0.5) is 0 Å². The molecule has 0 aliphatic heterocycles. The van der Waals surface area contributed by atoms with Crippen LogP contribution in [0.3, 0.4) is 0 Å². The van der Waals surface area contributed by atoms with Gasteiger partial charge in [0.1, 0.15) is 0 Å². The molecule has 0 aliphatic carbocycles. The summed E-state index contributed by atoms with van der Waals surface area (Å²) in [5.74, 6) is -2.99.